The van der Waals surface area contributed by atoms with Crippen molar-refractivity contribution in [3.63, 3.8) is 0 Å². The minimum absolute atomic E-state index is 0.0462. The molecule has 0 aliphatic rings. The predicted octanol–water partition coefficient (Wildman–Crippen LogP) is 3.96. The average molecular weight is 396 g/mol. The summed E-state index contributed by atoms with van der Waals surface area (Å²) in [6, 6.07) is 13.2. The maximum atomic E-state index is 13.3. The summed E-state index contributed by atoms with van der Waals surface area (Å²) in [7, 11) is 0. The molecule has 0 N–H and O–H groups in total. The van der Waals surface area contributed by atoms with Crippen molar-refractivity contribution in [1.82, 2.24) is 14.5 Å². The Morgan fingerprint density at radius 2 is 1.79 bits per heavy atom. The summed E-state index contributed by atoms with van der Waals surface area (Å²) < 4.78 is 1.64. The van der Waals surface area contributed by atoms with Crippen LogP contribution in [0.15, 0.2) is 52.4 Å². The normalized spacial score (nSPS) is 11.0. The summed E-state index contributed by atoms with van der Waals surface area (Å²) in [5, 5.41) is 1.11. The number of benzene rings is 2. The largest absolute Gasteiger partial charge is 0.343 e. The Morgan fingerprint density at radius 1 is 1.07 bits per heavy atom. The zero-order valence-electron chi connectivity index (χ0n) is 16.7. The quantitative estimate of drug-likeness (QED) is 0.468. The van der Waals surface area contributed by atoms with Gasteiger partial charge in [-0.15, -0.1) is 0 Å². The number of rotatable bonds is 6. The Bertz CT molecular complexity index is 1070. The fraction of sp³-hybridized carbons (Fsp3) is 0.318. The molecule has 0 atom stereocenters. The van der Waals surface area contributed by atoms with Gasteiger partial charge in [-0.05, 0) is 57.0 Å². The van der Waals surface area contributed by atoms with Crippen molar-refractivity contribution in [2.75, 3.05) is 18.8 Å². The predicted molar refractivity (Wildman–Crippen MR) is 115 cm³/mol. The van der Waals surface area contributed by atoms with Crippen LogP contribution in [0.1, 0.15) is 25.0 Å². The second-order valence-corrected chi connectivity index (χ2v) is 7.57. The molecule has 0 radical (unpaired) electrons. The first-order valence-corrected chi connectivity index (χ1v) is 10.4. The van der Waals surface area contributed by atoms with E-state index < -0.39 is 0 Å². The summed E-state index contributed by atoms with van der Waals surface area (Å²) in [5.74, 6) is 0.294. The van der Waals surface area contributed by atoms with Gasteiger partial charge in [0.15, 0.2) is 5.16 Å². The van der Waals surface area contributed by atoms with Crippen LogP contribution in [-0.4, -0.2) is 39.2 Å². The first-order chi connectivity index (χ1) is 13.5. The number of hydrogen-bond donors (Lipinski definition) is 0. The summed E-state index contributed by atoms with van der Waals surface area (Å²) >= 11 is 1.31. The molecule has 5 nitrogen and oxygen atoms in total. The van der Waals surface area contributed by atoms with Crippen LogP contribution in [0.25, 0.3) is 16.6 Å². The van der Waals surface area contributed by atoms with Gasteiger partial charge in [0, 0.05) is 13.1 Å². The van der Waals surface area contributed by atoms with Gasteiger partial charge in [-0.25, -0.2) is 4.98 Å². The number of hydrogen-bond acceptors (Lipinski definition) is 4. The molecule has 0 unspecified atom stereocenters. The molecule has 28 heavy (non-hydrogen) atoms. The van der Waals surface area contributed by atoms with Crippen molar-refractivity contribution in [3.8, 4) is 5.69 Å². The van der Waals surface area contributed by atoms with Crippen molar-refractivity contribution in [3.05, 3.63) is 63.9 Å². The lowest BCUT2D eigenvalue weighted by Crippen LogP contribution is -2.32. The number of carbonyl (C=O) groups is 1. The molecule has 0 spiro atoms. The minimum Gasteiger partial charge on any atom is -0.343 e. The second-order valence-electron chi connectivity index (χ2n) is 6.63. The van der Waals surface area contributed by atoms with E-state index in [4.69, 9.17) is 4.98 Å². The molecule has 0 aliphatic heterocycles. The maximum Gasteiger partial charge on any atom is 0.266 e. The number of carbonyl (C=O) groups excluding carboxylic acids is 1. The van der Waals surface area contributed by atoms with Crippen LogP contribution < -0.4 is 5.56 Å². The molecular weight excluding hydrogens is 370 g/mol. The monoisotopic (exact) mass is 395 g/mol. The van der Waals surface area contributed by atoms with E-state index in [1.807, 2.05) is 64.1 Å². The molecular formula is C22H25N3O2S. The number of aromatic nitrogens is 2. The third-order valence-electron chi connectivity index (χ3n) is 5.00. The highest BCUT2D eigenvalue weighted by Gasteiger charge is 2.18. The number of thioether (sulfide) groups is 1. The lowest BCUT2D eigenvalue weighted by molar-refractivity contribution is -0.127. The van der Waals surface area contributed by atoms with Gasteiger partial charge in [0.05, 0.1) is 22.3 Å². The van der Waals surface area contributed by atoms with Crippen molar-refractivity contribution in [2.45, 2.75) is 32.9 Å². The van der Waals surface area contributed by atoms with Crippen molar-refractivity contribution < 1.29 is 4.79 Å². The van der Waals surface area contributed by atoms with Gasteiger partial charge in [-0.1, -0.05) is 36.0 Å². The van der Waals surface area contributed by atoms with E-state index in [1.54, 1.807) is 15.5 Å². The molecule has 2 aromatic carbocycles. The van der Waals surface area contributed by atoms with Gasteiger partial charge >= 0.3 is 0 Å². The Labute approximate surface area is 169 Å². The van der Waals surface area contributed by atoms with Crippen LogP contribution in [-0.2, 0) is 4.79 Å². The SMILES string of the molecule is CCN(CC)C(=O)CSc1nc2ccccc2c(=O)n1-c1cccc(C)c1C. The van der Waals surface area contributed by atoms with Crippen molar-refractivity contribution in [1.29, 1.82) is 0 Å². The molecule has 6 heteroatoms. The van der Waals surface area contributed by atoms with Crippen LogP contribution >= 0.6 is 11.8 Å². The maximum absolute atomic E-state index is 13.3. The Morgan fingerprint density at radius 3 is 2.50 bits per heavy atom. The van der Waals surface area contributed by atoms with Gasteiger partial charge < -0.3 is 4.90 Å². The molecule has 0 saturated carbocycles. The number of amides is 1. The van der Waals surface area contributed by atoms with Crippen molar-refractivity contribution in [2.24, 2.45) is 0 Å². The van der Waals surface area contributed by atoms with E-state index in [0.29, 0.717) is 29.1 Å². The average Bonchev–Trinajstić information content (AvgIpc) is 2.70. The van der Waals surface area contributed by atoms with E-state index in [9.17, 15) is 9.59 Å². The highest BCUT2D eigenvalue weighted by atomic mass is 32.2. The summed E-state index contributed by atoms with van der Waals surface area (Å²) in [4.78, 5) is 32.3. The zero-order chi connectivity index (χ0) is 20.3. The fourth-order valence-electron chi connectivity index (χ4n) is 3.19. The lowest BCUT2D eigenvalue weighted by atomic mass is 10.1. The van der Waals surface area contributed by atoms with Crippen LogP contribution in [0.2, 0.25) is 0 Å². The fourth-order valence-corrected chi connectivity index (χ4v) is 4.10. The van der Waals surface area contributed by atoms with Gasteiger partial charge in [0.25, 0.3) is 5.56 Å². The smallest absolute Gasteiger partial charge is 0.266 e. The topological polar surface area (TPSA) is 55.2 Å². The molecule has 1 aromatic heterocycles. The molecule has 0 bridgehead atoms. The number of fused-ring (bicyclic) bond motifs is 1. The van der Waals surface area contributed by atoms with Crippen LogP contribution in [0.3, 0.4) is 0 Å². The zero-order valence-corrected chi connectivity index (χ0v) is 17.5. The summed E-state index contributed by atoms with van der Waals surface area (Å²) in [6.45, 7) is 9.30. The molecule has 1 amide bonds. The minimum atomic E-state index is -0.114. The molecule has 146 valence electrons. The van der Waals surface area contributed by atoms with Crippen LogP contribution in [0.5, 0.6) is 0 Å². The summed E-state index contributed by atoms with van der Waals surface area (Å²) in [5.41, 5.74) is 3.47. The molecule has 1 heterocycles. The third kappa shape index (κ3) is 3.83. The van der Waals surface area contributed by atoms with E-state index in [-0.39, 0.29) is 17.2 Å². The third-order valence-corrected chi connectivity index (χ3v) is 5.93. The van der Waals surface area contributed by atoms with Gasteiger partial charge in [0.1, 0.15) is 0 Å². The second kappa shape index (κ2) is 8.61. The molecule has 3 rings (SSSR count). The Balaban J connectivity index is 2.14. The number of aryl methyl sites for hydroxylation is 1. The number of nitrogens with zero attached hydrogens (tertiary/aromatic N) is 3. The standard InChI is InChI=1S/C22H25N3O2S/c1-5-24(6-2)20(26)14-28-22-23-18-12-8-7-11-17(18)21(27)25(22)19-13-9-10-15(3)16(19)4/h7-13H,5-6,14H2,1-4H3. The first-order valence-electron chi connectivity index (χ1n) is 9.46. The van der Waals surface area contributed by atoms with Crippen LogP contribution in [0, 0.1) is 13.8 Å². The first kappa shape index (κ1) is 20.1. The highest BCUT2D eigenvalue weighted by Crippen LogP contribution is 2.24. The molecule has 0 saturated heterocycles. The summed E-state index contributed by atoms with van der Waals surface area (Å²) in [6.07, 6.45) is 0. The number of para-hydroxylation sites is 1. The van der Waals surface area contributed by atoms with Gasteiger partial charge in [-0.2, -0.15) is 0 Å². The lowest BCUT2D eigenvalue weighted by Gasteiger charge is -2.19. The highest BCUT2D eigenvalue weighted by molar-refractivity contribution is 7.99. The van der Waals surface area contributed by atoms with Gasteiger partial charge in [0.2, 0.25) is 5.91 Å². The van der Waals surface area contributed by atoms with E-state index in [0.717, 1.165) is 16.8 Å². The van der Waals surface area contributed by atoms with Crippen molar-refractivity contribution >= 4 is 28.6 Å². The Hall–Kier alpha value is -2.60. The van der Waals surface area contributed by atoms with Gasteiger partial charge in [-0.3, -0.25) is 14.2 Å². The molecule has 3 aromatic rings. The van der Waals surface area contributed by atoms with E-state index in [1.165, 1.54) is 11.8 Å². The van der Waals surface area contributed by atoms with E-state index in [2.05, 4.69) is 0 Å². The molecule has 0 fully saturated rings. The van der Waals surface area contributed by atoms with E-state index >= 15 is 0 Å². The Kier molecular flexibility index (Phi) is 6.19. The molecule has 0 aliphatic carbocycles. The van der Waals surface area contributed by atoms with Crippen LogP contribution in [0.4, 0.5) is 0 Å².